The molecule has 10 nitrogen and oxygen atoms in total. The van der Waals surface area contributed by atoms with Crippen molar-refractivity contribution in [1.29, 1.82) is 0 Å². The first-order chi connectivity index (χ1) is 19.5. The van der Waals surface area contributed by atoms with E-state index in [1.807, 2.05) is 33.0 Å². The lowest BCUT2D eigenvalue weighted by atomic mass is 10.1. The standard InChI is InChI=1S/C28H26F3N9O/c1-17-7-8-21(35-26(41)20-6-4-5-19(12-20)15-28(29,30)31)13-22(17)36-27-32-9-10-40(27)24-14-23(33-16-34-24)37-25-11-18(2)38-39(25)3/h4-14,16H,15H2,1-3H3,(H,32,36)(H,35,41)(H,33,34,37). The number of aromatic nitrogens is 6. The Labute approximate surface area is 233 Å². The minimum Gasteiger partial charge on any atom is -0.325 e. The van der Waals surface area contributed by atoms with E-state index in [2.05, 4.69) is 36.0 Å². The molecule has 0 aliphatic carbocycles. The van der Waals surface area contributed by atoms with Gasteiger partial charge in [-0.25, -0.2) is 15.0 Å². The van der Waals surface area contributed by atoms with E-state index in [1.165, 1.54) is 30.6 Å². The quantitative estimate of drug-likeness (QED) is 0.218. The lowest BCUT2D eigenvalue weighted by Gasteiger charge is -2.14. The molecule has 0 aliphatic rings. The number of aryl methyl sites for hydroxylation is 3. The Morgan fingerprint density at radius 1 is 0.976 bits per heavy atom. The minimum atomic E-state index is -4.36. The monoisotopic (exact) mass is 561 g/mol. The number of hydrogen-bond donors (Lipinski definition) is 3. The van der Waals surface area contributed by atoms with Gasteiger partial charge in [-0.15, -0.1) is 0 Å². The Balaban J connectivity index is 1.33. The third kappa shape index (κ3) is 6.69. The van der Waals surface area contributed by atoms with Crippen LogP contribution in [0.25, 0.3) is 5.82 Å². The van der Waals surface area contributed by atoms with Crippen LogP contribution in [-0.2, 0) is 13.5 Å². The van der Waals surface area contributed by atoms with Crippen LogP contribution in [-0.4, -0.2) is 41.4 Å². The third-order valence-corrected chi connectivity index (χ3v) is 6.13. The largest absolute Gasteiger partial charge is 0.393 e. The normalized spacial score (nSPS) is 11.4. The fraction of sp³-hybridized carbons (Fsp3) is 0.179. The number of nitrogens with one attached hydrogen (secondary N) is 3. The number of imidazole rings is 1. The molecule has 3 heterocycles. The molecule has 0 fully saturated rings. The molecule has 5 rings (SSSR count). The van der Waals surface area contributed by atoms with Crippen molar-refractivity contribution >= 4 is 34.9 Å². The molecule has 0 atom stereocenters. The molecule has 1 amide bonds. The summed E-state index contributed by atoms with van der Waals surface area (Å²) in [5.74, 6) is 1.85. The Morgan fingerprint density at radius 3 is 2.56 bits per heavy atom. The number of hydrogen-bond acceptors (Lipinski definition) is 7. The van der Waals surface area contributed by atoms with E-state index in [-0.39, 0.29) is 11.1 Å². The van der Waals surface area contributed by atoms with Crippen LogP contribution >= 0.6 is 0 Å². The first-order valence-corrected chi connectivity index (χ1v) is 12.5. The number of carbonyl (C=O) groups excluding carboxylic acids is 1. The molecule has 0 aliphatic heterocycles. The number of anilines is 5. The second-order valence-corrected chi connectivity index (χ2v) is 9.40. The average Bonchev–Trinajstić information content (AvgIpc) is 3.50. The van der Waals surface area contributed by atoms with Crippen molar-refractivity contribution in [3.8, 4) is 5.82 Å². The van der Waals surface area contributed by atoms with Gasteiger partial charge in [0.25, 0.3) is 5.91 Å². The minimum absolute atomic E-state index is 0.0155. The molecule has 0 saturated carbocycles. The van der Waals surface area contributed by atoms with Gasteiger partial charge in [-0.1, -0.05) is 18.2 Å². The summed E-state index contributed by atoms with van der Waals surface area (Å²) in [5, 5.41) is 13.6. The van der Waals surface area contributed by atoms with E-state index in [9.17, 15) is 18.0 Å². The average molecular weight is 562 g/mol. The van der Waals surface area contributed by atoms with Crippen LogP contribution in [0.5, 0.6) is 0 Å². The van der Waals surface area contributed by atoms with Crippen LogP contribution in [0.4, 0.5) is 42.1 Å². The van der Waals surface area contributed by atoms with Gasteiger partial charge >= 0.3 is 6.18 Å². The molecule has 210 valence electrons. The molecule has 3 aromatic heterocycles. The van der Waals surface area contributed by atoms with Crippen molar-refractivity contribution in [2.45, 2.75) is 26.4 Å². The number of rotatable bonds is 8. The van der Waals surface area contributed by atoms with Gasteiger partial charge in [-0.2, -0.15) is 18.3 Å². The zero-order valence-corrected chi connectivity index (χ0v) is 22.4. The second-order valence-electron chi connectivity index (χ2n) is 9.40. The van der Waals surface area contributed by atoms with E-state index in [0.717, 1.165) is 17.1 Å². The SMILES string of the molecule is Cc1cc(Nc2cc(-n3ccnc3Nc3cc(NC(=O)c4cccc(CC(F)(F)F)c4)ccc3C)ncn2)n(C)n1. The Morgan fingerprint density at radius 2 is 1.80 bits per heavy atom. The van der Waals surface area contributed by atoms with Crippen molar-refractivity contribution in [2.24, 2.45) is 7.05 Å². The summed E-state index contributed by atoms with van der Waals surface area (Å²) in [6.45, 7) is 3.79. The summed E-state index contributed by atoms with van der Waals surface area (Å²) < 4.78 is 41.8. The van der Waals surface area contributed by atoms with E-state index in [4.69, 9.17) is 0 Å². The molecule has 3 N–H and O–H groups in total. The first kappa shape index (κ1) is 27.4. The molecule has 0 unspecified atom stereocenters. The van der Waals surface area contributed by atoms with Crippen LogP contribution in [0.2, 0.25) is 0 Å². The van der Waals surface area contributed by atoms with Crippen molar-refractivity contribution < 1.29 is 18.0 Å². The van der Waals surface area contributed by atoms with Crippen LogP contribution in [0, 0.1) is 13.8 Å². The fourth-order valence-electron chi connectivity index (χ4n) is 4.20. The predicted molar refractivity (Wildman–Crippen MR) is 149 cm³/mol. The van der Waals surface area contributed by atoms with Gasteiger partial charge in [-0.3, -0.25) is 14.0 Å². The summed E-state index contributed by atoms with van der Waals surface area (Å²) in [4.78, 5) is 25.9. The zero-order chi connectivity index (χ0) is 29.1. The number of amides is 1. The molecule has 13 heteroatoms. The van der Waals surface area contributed by atoms with Crippen molar-refractivity contribution in [1.82, 2.24) is 29.3 Å². The summed E-state index contributed by atoms with van der Waals surface area (Å²) >= 11 is 0. The van der Waals surface area contributed by atoms with E-state index in [1.54, 1.807) is 39.8 Å². The number of nitrogens with zero attached hydrogens (tertiary/aromatic N) is 6. The highest BCUT2D eigenvalue weighted by Gasteiger charge is 2.27. The van der Waals surface area contributed by atoms with Crippen LogP contribution in [0.1, 0.15) is 27.2 Å². The smallest absolute Gasteiger partial charge is 0.325 e. The van der Waals surface area contributed by atoms with Gasteiger partial charge in [0.2, 0.25) is 5.95 Å². The van der Waals surface area contributed by atoms with Crippen LogP contribution in [0.15, 0.2) is 73.3 Å². The molecule has 0 radical (unpaired) electrons. The molecule has 0 bridgehead atoms. The number of halogens is 3. The molecule has 5 aromatic rings. The summed E-state index contributed by atoms with van der Waals surface area (Å²) in [7, 11) is 1.83. The van der Waals surface area contributed by atoms with Gasteiger partial charge < -0.3 is 16.0 Å². The first-order valence-electron chi connectivity index (χ1n) is 12.5. The maximum atomic E-state index is 12.8. The van der Waals surface area contributed by atoms with Gasteiger partial charge in [-0.05, 0) is 49.2 Å². The number of alkyl halides is 3. The Kier molecular flexibility index (Phi) is 7.42. The molecular weight excluding hydrogens is 535 g/mol. The molecular formula is C28H26F3N9O. The lowest BCUT2D eigenvalue weighted by Crippen LogP contribution is -2.15. The summed E-state index contributed by atoms with van der Waals surface area (Å²) in [6, 6.07) is 14.4. The molecule has 0 spiro atoms. The highest BCUT2D eigenvalue weighted by molar-refractivity contribution is 6.04. The maximum Gasteiger partial charge on any atom is 0.393 e. The van der Waals surface area contributed by atoms with Crippen molar-refractivity contribution in [3.05, 3.63) is 95.7 Å². The predicted octanol–water partition coefficient (Wildman–Crippen LogP) is 5.86. The van der Waals surface area contributed by atoms with Crippen molar-refractivity contribution in [3.63, 3.8) is 0 Å². The summed E-state index contributed by atoms with van der Waals surface area (Å²) in [6.07, 6.45) is -0.656. The lowest BCUT2D eigenvalue weighted by molar-refractivity contribution is -0.127. The second kappa shape index (κ2) is 11.1. The van der Waals surface area contributed by atoms with Gasteiger partial charge in [0.15, 0.2) is 0 Å². The fourth-order valence-corrected chi connectivity index (χ4v) is 4.20. The van der Waals surface area contributed by atoms with Crippen LogP contribution in [0.3, 0.4) is 0 Å². The molecule has 0 saturated heterocycles. The van der Waals surface area contributed by atoms with E-state index in [0.29, 0.717) is 29.0 Å². The van der Waals surface area contributed by atoms with Crippen molar-refractivity contribution in [2.75, 3.05) is 16.0 Å². The maximum absolute atomic E-state index is 12.8. The number of benzene rings is 2. The highest BCUT2D eigenvalue weighted by Crippen LogP contribution is 2.27. The van der Waals surface area contributed by atoms with Crippen LogP contribution < -0.4 is 16.0 Å². The topological polar surface area (TPSA) is 115 Å². The third-order valence-electron chi connectivity index (χ3n) is 6.13. The van der Waals surface area contributed by atoms with Gasteiger partial charge in [0, 0.05) is 48.5 Å². The van der Waals surface area contributed by atoms with Gasteiger partial charge in [0.1, 0.15) is 23.8 Å². The number of carbonyl (C=O) groups is 1. The Hall–Kier alpha value is -5.20. The van der Waals surface area contributed by atoms with E-state index >= 15 is 0 Å². The van der Waals surface area contributed by atoms with E-state index < -0.39 is 18.5 Å². The molecule has 2 aromatic carbocycles. The molecule has 41 heavy (non-hydrogen) atoms. The highest BCUT2D eigenvalue weighted by atomic mass is 19.4. The summed E-state index contributed by atoms with van der Waals surface area (Å²) in [5.41, 5.74) is 3.02. The zero-order valence-electron chi connectivity index (χ0n) is 22.4. The Bertz CT molecular complexity index is 1710. The van der Waals surface area contributed by atoms with Gasteiger partial charge in [0.05, 0.1) is 12.1 Å².